The van der Waals surface area contributed by atoms with Crippen LogP contribution in [0.3, 0.4) is 0 Å². The van der Waals surface area contributed by atoms with E-state index in [9.17, 15) is 9.18 Å². The van der Waals surface area contributed by atoms with E-state index in [1.807, 2.05) is 24.3 Å². The van der Waals surface area contributed by atoms with Crippen molar-refractivity contribution in [2.75, 3.05) is 0 Å². The van der Waals surface area contributed by atoms with E-state index in [1.54, 1.807) is 18.2 Å². The Hall–Kier alpha value is -2.42. The zero-order chi connectivity index (χ0) is 13.0. The summed E-state index contributed by atoms with van der Waals surface area (Å²) in [6.07, 6.45) is 2.96. The van der Waals surface area contributed by atoms with Crippen molar-refractivity contribution in [2.45, 2.75) is 0 Å². The third kappa shape index (κ3) is 3.04. The van der Waals surface area contributed by atoms with Gasteiger partial charge >= 0.3 is 0 Å². The van der Waals surface area contributed by atoms with E-state index < -0.39 is 5.91 Å². The number of hydrogen-bond acceptors (Lipinski definition) is 1. The molecule has 0 saturated heterocycles. The van der Waals surface area contributed by atoms with Crippen LogP contribution in [-0.2, 0) is 4.79 Å². The van der Waals surface area contributed by atoms with E-state index >= 15 is 0 Å². The Morgan fingerprint density at radius 2 is 1.44 bits per heavy atom. The minimum Gasteiger partial charge on any atom is -0.366 e. The molecule has 0 spiro atoms. The van der Waals surface area contributed by atoms with Crippen LogP contribution in [0.25, 0.3) is 17.2 Å². The summed E-state index contributed by atoms with van der Waals surface area (Å²) in [6, 6.07) is 13.9. The zero-order valence-corrected chi connectivity index (χ0v) is 9.64. The molecule has 0 aliphatic heterocycles. The van der Waals surface area contributed by atoms with Crippen molar-refractivity contribution >= 4 is 12.0 Å². The second kappa shape index (κ2) is 5.27. The first-order chi connectivity index (χ1) is 8.65. The van der Waals surface area contributed by atoms with Gasteiger partial charge in [0.2, 0.25) is 5.91 Å². The largest absolute Gasteiger partial charge is 0.366 e. The summed E-state index contributed by atoms with van der Waals surface area (Å²) in [7, 11) is 0. The Bertz CT molecular complexity index is 570. The smallest absolute Gasteiger partial charge is 0.241 e. The molecule has 0 unspecified atom stereocenters. The van der Waals surface area contributed by atoms with Crippen LogP contribution >= 0.6 is 0 Å². The van der Waals surface area contributed by atoms with Crippen LogP contribution in [0.15, 0.2) is 54.6 Å². The van der Waals surface area contributed by atoms with Crippen molar-refractivity contribution in [3.8, 4) is 11.1 Å². The molecule has 2 aromatic rings. The van der Waals surface area contributed by atoms with Crippen LogP contribution in [0.5, 0.6) is 0 Å². The average molecular weight is 241 g/mol. The molecule has 0 heterocycles. The van der Waals surface area contributed by atoms with Crippen LogP contribution in [-0.4, -0.2) is 5.91 Å². The van der Waals surface area contributed by atoms with Gasteiger partial charge < -0.3 is 5.73 Å². The molecule has 2 nitrogen and oxygen atoms in total. The molecule has 2 aromatic carbocycles. The number of rotatable bonds is 3. The SMILES string of the molecule is NC(=O)/C=C\c1ccc(-c2ccc(F)cc2)cc1. The van der Waals surface area contributed by atoms with Gasteiger partial charge in [0, 0.05) is 6.08 Å². The summed E-state index contributed by atoms with van der Waals surface area (Å²) < 4.78 is 12.8. The highest BCUT2D eigenvalue weighted by molar-refractivity contribution is 5.90. The lowest BCUT2D eigenvalue weighted by Crippen LogP contribution is -2.04. The van der Waals surface area contributed by atoms with E-state index in [-0.39, 0.29) is 5.82 Å². The van der Waals surface area contributed by atoms with E-state index in [4.69, 9.17) is 5.73 Å². The minimum atomic E-state index is -0.474. The standard InChI is InChI=1S/C15H12FNO/c16-14-8-6-13(7-9-14)12-4-1-11(2-5-12)3-10-15(17)18/h1-10H,(H2,17,18)/b10-3-. The summed E-state index contributed by atoms with van der Waals surface area (Å²) in [5.41, 5.74) is 7.84. The van der Waals surface area contributed by atoms with Gasteiger partial charge in [-0.1, -0.05) is 36.4 Å². The van der Waals surface area contributed by atoms with Crippen LogP contribution in [0.4, 0.5) is 4.39 Å². The number of hydrogen-bond donors (Lipinski definition) is 1. The summed E-state index contributed by atoms with van der Waals surface area (Å²) in [5, 5.41) is 0. The van der Waals surface area contributed by atoms with Crippen molar-refractivity contribution in [1.29, 1.82) is 0 Å². The molecule has 3 heteroatoms. The number of benzene rings is 2. The van der Waals surface area contributed by atoms with Gasteiger partial charge in [0.05, 0.1) is 0 Å². The van der Waals surface area contributed by atoms with Gasteiger partial charge in [-0.15, -0.1) is 0 Å². The lowest BCUT2D eigenvalue weighted by Gasteiger charge is -2.02. The minimum absolute atomic E-state index is 0.250. The first-order valence-electron chi connectivity index (χ1n) is 5.49. The zero-order valence-electron chi connectivity index (χ0n) is 9.64. The molecule has 0 aliphatic rings. The van der Waals surface area contributed by atoms with Crippen LogP contribution in [0.2, 0.25) is 0 Å². The molecule has 0 radical (unpaired) electrons. The molecule has 0 fully saturated rings. The summed E-state index contributed by atoms with van der Waals surface area (Å²) in [4.78, 5) is 10.6. The number of nitrogens with two attached hydrogens (primary N) is 1. The molecule has 18 heavy (non-hydrogen) atoms. The maximum absolute atomic E-state index is 12.8. The number of primary amides is 1. The molecule has 0 aliphatic carbocycles. The molecule has 2 rings (SSSR count). The summed E-state index contributed by atoms with van der Waals surface area (Å²) >= 11 is 0. The fourth-order valence-corrected chi connectivity index (χ4v) is 1.61. The van der Waals surface area contributed by atoms with Gasteiger partial charge in [-0.3, -0.25) is 4.79 Å². The Morgan fingerprint density at radius 1 is 0.944 bits per heavy atom. The van der Waals surface area contributed by atoms with Crippen molar-refractivity contribution in [3.63, 3.8) is 0 Å². The lowest BCUT2D eigenvalue weighted by atomic mass is 10.0. The molecular weight excluding hydrogens is 229 g/mol. The normalized spacial score (nSPS) is 10.7. The maximum atomic E-state index is 12.8. The number of carbonyl (C=O) groups excluding carboxylic acids is 1. The summed E-state index contributed by atoms with van der Waals surface area (Å²) in [6.45, 7) is 0. The molecule has 0 bridgehead atoms. The predicted octanol–water partition coefficient (Wildman–Crippen LogP) is 2.99. The molecule has 0 aromatic heterocycles. The van der Waals surface area contributed by atoms with Crippen molar-refractivity contribution in [3.05, 3.63) is 66.0 Å². The van der Waals surface area contributed by atoms with Crippen molar-refractivity contribution in [1.82, 2.24) is 0 Å². The first kappa shape index (κ1) is 12.0. The van der Waals surface area contributed by atoms with Crippen LogP contribution in [0.1, 0.15) is 5.56 Å². The predicted molar refractivity (Wildman–Crippen MR) is 70.1 cm³/mol. The number of halogens is 1. The Kier molecular flexibility index (Phi) is 3.53. The fraction of sp³-hybridized carbons (Fsp3) is 0. The van der Waals surface area contributed by atoms with Crippen LogP contribution < -0.4 is 5.73 Å². The first-order valence-corrected chi connectivity index (χ1v) is 5.49. The highest BCUT2D eigenvalue weighted by Gasteiger charge is 1.97. The highest BCUT2D eigenvalue weighted by atomic mass is 19.1. The molecule has 2 N–H and O–H groups in total. The third-order valence-corrected chi connectivity index (χ3v) is 2.53. The summed E-state index contributed by atoms with van der Waals surface area (Å²) in [5.74, 6) is -0.725. The fourth-order valence-electron chi connectivity index (χ4n) is 1.61. The molecular formula is C15H12FNO. The topological polar surface area (TPSA) is 43.1 Å². The maximum Gasteiger partial charge on any atom is 0.241 e. The second-order valence-electron chi connectivity index (χ2n) is 3.86. The second-order valence-corrected chi connectivity index (χ2v) is 3.86. The number of carbonyl (C=O) groups is 1. The Morgan fingerprint density at radius 3 is 1.94 bits per heavy atom. The molecule has 0 atom stereocenters. The van der Waals surface area contributed by atoms with Gasteiger partial charge in [0.1, 0.15) is 5.82 Å². The van der Waals surface area contributed by atoms with Crippen molar-refractivity contribution < 1.29 is 9.18 Å². The Balaban J connectivity index is 2.22. The van der Waals surface area contributed by atoms with E-state index in [0.717, 1.165) is 16.7 Å². The van der Waals surface area contributed by atoms with Crippen molar-refractivity contribution in [2.24, 2.45) is 5.73 Å². The highest BCUT2D eigenvalue weighted by Crippen LogP contribution is 2.20. The van der Waals surface area contributed by atoms with E-state index in [1.165, 1.54) is 18.2 Å². The quantitative estimate of drug-likeness (QED) is 0.825. The van der Waals surface area contributed by atoms with Gasteiger partial charge in [-0.25, -0.2) is 4.39 Å². The molecule has 0 saturated carbocycles. The van der Waals surface area contributed by atoms with Gasteiger partial charge in [-0.2, -0.15) is 0 Å². The Labute approximate surface area is 105 Å². The number of amides is 1. The van der Waals surface area contributed by atoms with E-state index in [0.29, 0.717) is 0 Å². The average Bonchev–Trinajstić information content (AvgIpc) is 2.38. The monoisotopic (exact) mass is 241 g/mol. The van der Waals surface area contributed by atoms with Gasteiger partial charge in [0.25, 0.3) is 0 Å². The van der Waals surface area contributed by atoms with E-state index in [2.05, 4.69) is 0 Å². The lowest BCUT2D eigenvalue weighted by molar-refractivity contribution is -0.113. The third-order valence-electron chi connectivity index (χ3n) is 2.53. The van der Waals surface area contributed by atoms with Gasteiger partial charge in [-0.05, 0) is 34.9 Å². The molecule has 1 amide bonds. The van der Waals surface area contributed by atoms with Gasteiger partial charge in [0.15, 0.2) is 0 Å². The van der Waals surface area contributed by atoms with Crippen LogP contribution in [0, 0.1) is 5.82 Å². The molecule has 90 valence electrons.